The second-order valence-corrected chi connectivity index (χ2v) is 5.71. The topological polar surface area (TPSA) is 50.5 Å². The molecule has 1 aromatic carbocycles. The summed E-state index contributed by atoms with van der Waals surface area (Å²) in [5.74, 6) is 0.767. The molecule has 1 aliphatic rings. The lowest BCUT2D eigenvalue weighted by molar-refractivity contribution is 0.237. The van der Waals surface area contributed by atoms with Gasteiger partial charge in [-0.1, -0.05) is 12.5 Å². The Morgan fingerprint density at radius 1 is 1.25 bits per heavy atom. The minimum Gasteiger partial charge on any atom is -0.489 e. The first-order valence-electron chi connectivity index (χ1n) is 7.68. The van der Waals surface area contributed by atoms with Crippen molar-refractivity contribution in [1.29, 1.82) is 0 Å². The van der Waals surface area contributed by atoms with Gasteiger partial charge in [-0.2, -0.15) is 0 Å². The van der Waals surface area contributed by atoms with Gasteiger partial charge < -0.3 is 20.7 Å². The minimum atomic E-state index is 0.140. The van der Waals surface area contributed by atoms with E-state index >= 15 is 0 Å². The summed E-state index contributed by atoms with van der Waals surface area (Å²) in [6, 6.07) is 5.92. The van der Waals surface area contributed by atoms with Crippen molar-refractivity contribution in [3.8, 4) is 5.75 Å². The van der Waals surface area contributed by atoms with Crippen LogP contribution in [0.2, 0.25) is 0 Å². The van der Waals surface area contributed by atoms with Crippen LogP contribution in [0.25, 0.3) is 0 Å². The molecule has 2 rings (SSSR count). The Morgan fingerprint density at radius 3 is 2.70 bits per heavy atom. The van der Waals surface area contributed by atoms with E-state index in [1.807, 2.05) is 32.0 Å². The van der Waals surface area contributed by atoms with Gasteiger partial charge in [0.15, 0.2) is 0 Å². The Bertz CT molecular complexity index is 414. The number of likely N-dealkylation sites (tertiary alicyclic amines) is 1. The largest absolute Gasteiger partial charge is 0.489 e. The third-order valence-corrected chi connectivity index (χ3v) is 3.62. The van der Waals surface area contributed by atoms with Crippen molar-refractivity contribution >= 4 is 11.4 Å². The average molecular weight is 277 g/mol. The number of nitrogens with two attached hydrogens (primary N) is 1. The molecule has 4 heteroatoms. The fourth-order valence-electron chi connectivity index (χ4n) is 2.59. The van der Waals surface area contributed by atoms with Crippen molar-refractivity contribution in [3.05, 3.63) is 18.2 Å². The second kappa shape index (κ2) is 7.39. The highest BCUT2D eigenvalue weighted by Gasteiger charge is 2.10. The van der Waals surface area contributed by atoms with Gasteiger partial charge in [-0.15, -0.1) is 0 Å². The Morgan fingerprint density at radius 2 is 2.00 bits per heavy atom. The summed E-state index contributed by atoms with van der Waals surface area (Å²) < 4.78 is 5.71. The van der Waals surface area contributed by atoms with Crippen molar-refractivity contribution in [2.45, 2.75) is 39.2 Å². The number of nitrogen functional groups attached to an aromatic ring is 1. The van der Waals surface area contributed by atoms with Crippen molar-refractivity contribution in [2.75, 3.05) is 37.2 Å². The fourth-order valence-corrected chi connectivity index (χ4v) is 2.59. The predicted octanol–water partition coefficient (Wildman–Crippen LogP) is 2.95. The molecule has 1 saturated heterocycles. The third-order valence-electron chi connectivity index (χ3n) is 3.62. The first-order valence-corrected chi connectivity index (χ1v) is 7.68. The fraction of sp³-hybridized carbons (Fsp3) is 0.625. The first-order chi connectivity index (χ1) is 9.66. The van der Waals surface area contributed by atoms with E-state index in [1.54, 1.807) is 0 Å². The molecular formula is C16H27N3O. The summed E-state index contributed by atoms with van der Waals surface area (Å²) in [5, 5.41) is 3.43. The van der Waals surface area contributed by atoms with E-state index in [1.165, 1.54) is 32.4 Å². The zero-order valence-electron chi connectivity index (χ0n) is 12.7. The van der Waals surface area contributed by atoms with Crippen molar-refractivity contribution in [3.63, 3.8) is 0 Å². The molecule has 0 spiro atoms. The van der Waals surface area contributed by atoms with Crippen LogP contribution in [0, 0.1) is 0 Å². The number of para-hydroxylation sites is 1. The van der Waals surface area contributed by atoms with E-state index in [2.05, 4.69) is 10.2 Å². The number of benzene rings is 1. The van der Waals surface area contributed by atoms with Crippen LogP contribution in [0.5, 0.6) is 5.75 Å². The monoisotopic (exact) mass is 277 g/mol. The Hall–Kier alpha value is -1.42. The molecule has 1 heterocycles. The molecule has 20 heavy (non-hydrogen) atoms. The summed E-state index contributed by atoms with van der Waals surface area (Å²) in [5.41, 5.74) is 7.83. The molecule has 0 unspecified atom stereocenters. The van der Waals surface area contributed by atoms with Gasteiger partial charge in [-0.25, -0.2) is 0 Å². The highest BCUT2D eigenvalue weighted by molar-refractivity contribution is 5.72. The number of anilines is 2. The minimum absolute atomic E-state index is 0.140. The number of hydrogen-bond donors (Lipinski definition) is 2. The molecule has 1 aromatic rings. The lowest BCUT2D eigenvalue weighted by Gasteiger charge is -2.26. The standard InChI is InChI=1S/C16H27N3O/c1-13(2)20-15-8-6-7-14(16(15)17)18-9-12-19-10-4-3-5-11-19/h6-8,13,18H,3-5,9-12,17H2,1-2H3. The van der Waals surface area contributed by atoms with Crippen LogP contribution in [0.3, 0.4) is 0 Å². The lowest BCUT2D eigenvalue weighted by atomic mass is 10.1. The van der Waals surface area contributed by atoms with Gasteiger partial charge in [0.05, 0.1) is 17.5 Å². The van der Waals surface area contributed by atoms with Crippen molar-refractivity contribution in [1.82, 2.24) is 4.90 Å². The molecule has 112 valence electrons. The van der Waals surface area contributed by atoms with E-state index < -0.39 is 0 Å². The number of nitrogens with zero attached hydrogens (tertiary/aromatic N) is 1. The smallest absolute Gasteiger partial charge is 0.144 e. The summed E-state index contributed by atoms with van der Waals surface area (Å²) >= 11 is 0. The van der Waals surface area contributed by atoms with E-state index in [4.69, 9.17) is 10.5 Å². The summed E-state index contributed by atoms with van der Waals surface area (Å²) in [6.45, 7) is 8.48. The average Bonchev–Trinajstić information content (AvgIpc) is 2.43. The molecule has 0 aliphatic carbocycles. The highest BCUT2D eigenvalue weighted by atomic mass is 16.5. The molecule has 3 N–H and O–H groups in total. The van der Waals surface area contributed by atoms with Crippen LogP contribution < -0.4 is 15.8 Å². The predicted molar refractivity (Wildman–Crippen MR) is 85.4 cm³/mol. The van der Waals surface area contributed by atoms with Gasteiger partial charge in [-0.05, 0) is 51.9 Å². The van der Waals surface area contributed by atoms with Gasteiger partial charge in [0, 0.05) is 13.1 Å². The lowest BCUT2D eigenvalue weighted by Crippen LogP contribution is -2.33. The molecule has 1 aliphatic heterocycles. The van der Waals surface area contributed by atoms with Crippen LogP contribution >= 0.6 is 0 Å². The Kier molecular flexibility index (Phi) is 5.53. The molecular weight excluding hydrogens is 250 g/mol. The molecule has 0 amide bonds. The molecule has 0 saturated carbocycles. The molecule has 0 atom stereocenters. The molecule has 0 bridgehead atoms. The Labute approximate surface area is 122 Å². The molecule has 4 nitrogen and oxygen atoms in total. The van der Waals surface area contributed by atoms with Crippen LogP contribution in [0.15, 0.2) is 18.2 Å². The summed E-state index contributed by atoms with van der Waals surface area (Å²) in [4.78, 5) is 2.52. The summed E-state index contributed by atoms with van der Waals surface area (Å²) in [6.07, 6.45) is 4.19. The van der Waals surface area contributed by atoms with E-state index in [0.29, 0.717) is 5.69 Å². The van der Waals surface area contributed by atoms with Crippen LogP contribution in [0.4, 0.5) is 11.4 Å². The number of hydrogen-bond acceptors (Lipinski definition) is 4. The highest BCUT2D eigenvalue weighted by Crippen LogP contribution is 2.29. The second-order valence-electron chi connectivity index (χ2n) is 5.71. The van der Waals surface area contributed by atoms with Crippen molar-refractivity contribution in [2.24, 2.45) is 0 Å². The molecule has 0 aromatic heterocycles. The molecule has 0 radical (unpaired) electrons. The number of rotatable bonds is 6. The Balaban J connectivity index is 1.85. The van der Waals surface area contributed by atoms with Crippen LogP contribution in [0.1, 0.15) is 33.1 Å². The van der Waals surface area contributed by atoms with Crippen LogP contribution in [-0.4, -0.2) is 37.2 Å². The van der Waals surface area contributed by atoms with Crippen molar-refractivity contribution < 1.29 is 4.74 Å². The first kappa shape index (κ1) is 15.0. The normalized spacial score (nSPS) is 16.4. The zero-order chi connectivity index (χ0) is 14.4. The van der Waals surface area contributed by atoms with E-state index in [0.717, 1.165) is 24.5 Å². The molecule has 1 fully saturated rings. The van der Waals surface area contributed by atoms with Gasteiger partial charge in [0.1, 0.15) is 5.75 Å². The maximum absolute atomic E-state index is 6.15. The van der Waals surface area contributed by atoms with E-state index in [-0.39, 0.29) is 6.10 Å². The zero-order valence-corrected chi connectivity index (χ0v) is 12.7. The summed E-state index contributed by atoms with van der Waals surface area (Å²) in [7, 11) is 0. The maximum atomic E-state index is 6.15. The maximum Gasteiger partial charge on any atom is 0.144 e. The SMILES string of the molecule is CC(C)Oc1cccc(NCCN2CCCCC2)c1N. The van der Waals surface area contributed by atoms with Gasteiger partial charge >= 0.3 is 0 Å². The third kappa shape index (κ3) is 4.30. The van der Waals surface area contributed by atoms with Gasteiger partial charge in [0.2, 0.25) is 0 Å². The number of ether oxygens (including phenoxy) is 1. The van der Waals surface area contributed by atoms with Crippen LogP contribution in [-0.2, 0) is 0 Å². The van der Waals surface area contributed by atoms with Gasteiger partial charge in [-0.3, -0.25) is 0 Å². The quantitative estimate of drug-likeness (QED) is 0.785. The number of piperidine rings is 1. The van der Waals surface area contributed by atoms with E-state index in [9.17, 15) is 0 Å². The number of nitrogens with one attached hydrogen (secondary N) is 1. The van der Waals surface area contributed by atoms with Gasteiger partial charge in [0.25, 0.3) is 0 Å².